The number of aryl methyl sites for hydroxylation is 1. The lowest BCUT2D eigenvalue weighted by molar-refractivity contribution is -0.288. The van der Waals surface area contributed by atoms with E-state index in [9.17, 15) is 28.8 Å². The quantitative estimate of drug-likeness (QED) is 0.208. The van der Waals surface area contributed by atoms with E-state index in [0.29, 0.717) is 16.5 Å². The maximum absolute atomic E-state index is 12.8. The summed E-state index contributed by atoms with van der Waals surface area (Å²) in [5.41, 5.74) is -0.0932. The van der Waals surface area contributed by atoms with Crippen LogP contribution in [0.3, 0.4) is 0 Å². The first-order chi connectivity index (χ1) is 21.3. The first-order valence-corrected chi connectivity index (χ1v) is 13.7. The molecular weight excluding hydrogens is 594 g/mol. The van der Waals surface area contributed by atoms with Crippen molar-refractivity contribution in [3.63, 3.8) is 0 Å². The lowest BCUT2D eigenvalue weighted by Crippen LogP contribution is -2.63. The van der Waals surface area contributed by atoms with Crippen LogP contribution >= 0.6 is 0 Å². The predicted octanol–water partition coefficient (Wildman–Crippen LogP) is 2.82. The fraction of sp³-hybridized carbons (Fsp3) is 0.355. The van der Waals surface area contributed by atoms with Crippen molar-refractivity contribution in [2.75, 3.05) is 11.9 Å². The summed E-state index contributed by atoms with van der Waals surface area (Å²) >= 11 is 0. The van der Waals surface area contributed by atoms with Crippen LogP contribution in [-0.2, 0) is 42.9 Å². The number of hydrogen-bond acceptors (Lipinski definition) is 13. The van der Waals surface area contributed by atoms with Gasteiger partial charge in [-0.2, -0.15) is 0 Å². The highest BCUT2D eigenvalue weighted by Crippen LogP contribution is 2.34. The van der Waals surface area contributed by atoms with Gasteiger partial charge >= 0.3 is 29.5 Å². The van der Waals surface area contributed by atoms with Gasteiger partial charge in [-0.05, 0) is 37.3 Å². The second kappa shape index (κ2) is 14.0. The molecule has 0 saturated carbocycles. The molecule has 5 atom stereocenters. The van der Waals surface area contributed by atoms with Crippen LogP contribution in [0, 0.1) is 6.92 Å². The highest BCUT2D eigenvalue weighted by atomic mass is 16.7. The van der Waals surface area contributed by atoms with E-state index in [2.05, 4.69) is 5.32 Å². The van der Waals surface area contributed by atoms with Crippen LogP contribution in [0.2, 0.25) is 0 Å². The van der Waals surface area contributed by atoms with E-state index in [0.717, 1.165) is 27.7 Å². The van der Waals surface area contributed by atoms with E-state index in [1.54, 1.807) is 43.3 Å². The van der Waals surface area contributed by atoms with Crippen LogP contribution in [-0.4, -0.2) is 67.1 Å². The van der Waals surface area contributed by atoms with Crippen LogP contribution in [0.4, 0.5) is 5.69 Å². The Morgan fingerprint density at radius 3 is 2.04 bits per heavy atom. The number of carbonyl (C=O) groups is 5. The molecule has 1 saturated heterocycles. The van der Waals surface area contributed by atoms with Gasteiger partial charge in [-0.1, -0.05) is 18.2 Å². The van der Waals surface area contributed by atoms with Gasteiger partial charge in [0.05, 0.1) is 0 Å². The van der Waals surface area contributed by atoms with Gasteiger partial charge in [-0.25, -0.2) is 4.79 Å². The smallest absolute Gasteiger partial charge is 0.360 e. The van der Waals surface area contributed by atoms with E-state index in [1.165, 1.54) is 12.1 Å². The topological polar surface area (TPSA) is 183 Å². The number of fused-ring (bicyclic) bond motifs is 1. The van der Waals surface area contributed by atoms with Gasteiger partial charge in [0.2, 0.25) is 12.4 Å². The number of nitrogens with one attached hydrogen (secondary N) is 1. The highest BCUT2D eigenvalue weighted by Gasteiger charge is 2.53. The molecule has 1 fully saturated rings. The zero-order valence-electron chi connectivity index (χ0n) is 25.0. The number of anilines is 1. The molecule has 3 aromatic rings. The summed E-state index contributed by atoms with van der Waals surface area (Å²) in [6.45, 7) is 5.65. The molecule has 1 aliphatic heterocycles. The molecule has 2 aromatic carbocycles. The summed E-state index contributed by atoms with van der Waals surface area (Å²) < 4.78 is 38.9. The van der Waals surface area contributed by atoms with Crippen molar-refractivity contribution in [3.05, 3.63) is 70.1 Å². The molecular formula is C31H31NO13. The summed E-state index contributed by atoms with van der Waals surface area (Å²) in [5, 5.41) is 3.00. The first-order valence-electron chi connectivity index (χ1n) is 13.7. The number of carbonyl (C=O) groups excluding carboxylic acids is 5. The molecule has 4 rings (SSSR count). The molecule has 14 nitrogen and oxygen atoms in total. The summed E-state index contributed by atoms with van der Waals surface area (Å²) in [5.74, 6) is -3.39. The third kappa shape index (κ3) is 8.03. The molecule has 45 heavy (non-hydrogen) atoms. The fourth-order valence-electron chi connectivity index (χ4n) is 4.71. The number of rotatable bonds is 9. The largest absolute Gasteiger partial charge is 0.463 e. The highest BCUT2D eigenvalue weighted by molar-refractivity contribution is 6.04. The van der Waals surface area contributed by atoms with Gasteiger partial charge in [0, 0.05) is 44.2 Å². The molecule has 0 bridgehead atoms. The Bertz CT molecular complexity index is 1670. The monoisotopic (exact) mass is 625 g/mol. The van der Waals surface area contributed by atoms with Gasteiger partial charge in [0.15, 0.2) is 12.2 Å². The minimum absolute atomic E-state index is 0.0796. The van der Waals surface area contributed by atoms with Crippen LogP contribution < -0.4 is 15.7 Å². The van der Waals surface area contributed by atoms with Crippen LogP contribution in [0.15, 0.2) is 57.7 Å². The maximum atomic E-state index is 12.8. The van der Waals surface area contributed by atoms with Crippen molar-refractivity contribution in [2.24, 2.45) is 0 Å². The lowest BCUT2D eigenvalue weighted by atomic mass is 9.98. The second-order valence-corrected chi connectivity index (χ2v) is 10.1. The van der Waals surface area contributed by atoms with Crippen molar-refractivity contribution in [1.82, 2.24) is 0 Å². The molecule has 0 unspecified atom stereocenters. The van der Waals surface area contributed by atoms with Crippen LogP contribution in [0.25, 0.3) is 11.0 Å². The molecule has 0 radical (unpaired) electrons. The van der Waals surface area contributed by atoms with Crippen LogP contribution in [0.5, 0.6) is 5.75 Å². The summed E-state index contributed by atoms with van der Waals surface area (Å²) in [6.07, 6.45) is -6.94. The summed E-state index contributed by atoms with van der Waals surface area (Å²) in [6, 6.07) is 12.9. The van der Waals surface area contributed by atoms with Crippen molar-refractivity contribution in [1.29, 1.82) is 0 Å². The van der Waals surface area contributed by atoms with Gasteiger partial charge in [-0.3, -0.25) is 24.0 Å². The van der Waals surface area contributed by atoms with Gasteiger partial charge in [0.25, 0.3) is 5.91 Å². The number of hydrogen-bond donors (Lipinski definition) is 1. The Balaban J connectivity index is 1.69. The minimum atomic E-state index is -1.49. The van der Waals surface area contributed by atoms with Crippen molar-refractivity contribution in [3.8, 4) is 5.75 Å². The number of esters is 4. The van der Waals surface area contributed by atoms with Gasteiger partial charge < -0.3 is 38.2 Å². The van der Waals surface area contributed by atoms with E-state index >= 15 is 0 Å². The number of amides is 1. The molecule has 238 valence electrons. The third-order valence-corrected chi connectivity index (χ3v) is 6.58. The predicted molar refractivity (Wildman–Crippen MR) is 154 cm³/mol. The lowest BCUT2D eigenvalue weighted by Gasteiger charge is -2.44. The first kappa shape index (κ1) is 32.7. The average molecular weight is 626 g/mol. The Morgan fingerprint density at radius 1 is 0.800 bits per heavy atom. The number of ether oxygens (including phenoxy) is 6. The molecule has 1 aliphatic rings. The zero-order chi connectivity index (χ0) is 32.8. The summed E-state index contributed by atoms with van der Waals surface area (Å²) in [7, 11) is 0. The molecule has 0 aliphatic carbocycles. The standard InChI is InChI=1S/C31H31NO13/c1-15-23(12-11-21-13-22(30(38)45-25(15)21)32-29(37)20-9-7-6-8-10-20)43-31-28(42-19(5)36)27(41-18(4)35)26(40-17(3)34)24(44-31)14-39-16(2)33/h6-13,24,26-28,31H,14H2,1-5H3,(H,32,37)/t24-,26+,27+,28-,31-/m1/s1. The van der Waals surface area contributed by atoms with Crippen molar-refractivity contribution >= 4 is 46.4 Å². The molecule has 14 heteroatoms. The van der Waals surface area contributed by atoms with E-state index < -0.39 is 72.7 Å². The molecule has 2 heterocycles. The van der Waals surface area contributed by atoms with E-state index in [-0.39, 0.29) is 17.0 Å². The maximum Gasteiger partial charge on any atom is 0.360 e. The van der Waals surface area contributed by atoms with E-state index in [1.807, 2.05) is 0 Å². The molecule has 1 aromatic heterocycles. The van der Waals surface area contributed by atoms with Crippen molar-refractivity contribution in [2.45, 2.75) is 65.3 Å². The average Bonchev–Trinajstić information content (AvgIpc) is 2.97. The van der Waals surface area contributed by atoms with Gasteiger partial charge in [-0.15, -0.1) is 0 Å². The molecule has 1 amide bonds. The summed E-state index contributed by atoms with van der Waals surface area (Å²) in [4.78, 5) is 73.2. The van der Waals surface area contributed by atoms with Gasteiger partial charge in [0.1, 0.15) is 29.7 Å². The normalized spacial score (nSPS) is 20.9. The minimum Gasteiger partial charge on any atom is -0.463 e. The molecule has 0 spiro atoms. The Morgan fingerprint density at radius 2 is 1.42 bits per heavy atom. The fourth-order valence-corrected chi connectivity index (χ4v) is 4.71. The SMILES string of the molecule is CC(=O)OC[C@H]1O[C@@H](Oc2ccc3cc(NC(=O)c4ccccc4)c(=O)oc3c2C)[C@H](OC(C)=O)[C@@H](OC(C)=O)[C@H]1OC(C)=O. The third-order valence-electron chi connectivity index (χ3n) is 6.58. The Kier molecular flexibility index (Phi) is 10.2. The van der Waals surface area contributed by atoms with Crippen LogP contribution in [0.1, 0.15) is 43.6 Å². The Hall–Kier alpha value is -5.24. The van der Waals surface area contributed by atoms with Crippen molar-refractivity contribution < 1.29 is 56.8 Å². The number of benzene rings is 2. The van der Waals surface area contributed by atoms with E-state index in [4.69, 9.17) is 32.8 Å². The Labute approximate surface area is 256 Å². The molecule has 1 N–H and O–H groups in total. The zero-order valence-corrected chi connectivity index (χ0v) is 25.0. The second-order valence-electron chi connectivity index (χ2n) is 10.1.